The number of carboxylic acids is 1. The van der Waals surface area contributed by atoms with E-state index < -0.39 is 22.1 Å². The van der Waals surface area contributed by atoms with Gasteiger partial charge in [0.25, 0.3) is 10.2 Å². The molecule has 0 spiro atoms. The zero-order chi connectivity index (χ0) is 13.1. The van der Waals surface area contributed by atoms with E-state index in [2.05, 4.69) is 11.3 Å². The molecule has 0 saturated carbocycles. The Kier molecular flexibility index (Phi) is 4.67. The lowest BCUT2D eigenvalue weighted by atomic mass is 10.0. The number of rotatable bonds is 5. The van der Waals surface area contributed by atoms with Gasteiger partial charge < -0.3 is 5.11 Å². The summed E-state index contributed by atoms with van der Waals surface area (Å²) in [6.07, 6.45) is 2.58. The van der Waals surface area contributed by atoms with Crippen LogP contribution in [0.3, 0.4) is 0 Å². The van der Waals surface area contributed by atoms with Crippen molar-refractivity contribution >= 4 is 16.2 Å². The highest BCUT2D eigenvalue weighted by molar-refractivity contribution is 7.87. The molecule has 0 aromatic rings. The zero-order valence-electron chi connectivity index (χ0n) is 9.80. The minimum Gasteiger partial charge on any atom is -0.481 e. The van der Waals surface area contributed by atoms with Gasteiger partial charge in [0.2, 0.25) is 0 Å². The van der Waals surface area contributed by atoms with E-state index in [1.165, 1.54) is 10.4 Å². The predicted molar refractivity (Wildman–Crippen MR) is 63.6 cm³/mol. The Morgan fingerprint density at radius 3 is 2.82 bits per heavy atom. The third kappa shape index (κ3) is 3.79. The number of nitrogens with zero attached hydrogens (tertiary/aromatic N) is 1. The van der Waals surface area contributed by atoms with Gasteiger partial charge in [-0.2, -0.15) is 17.4 Å². The first-order chi connectivity index (χ1) is 7.86. The van der Waals surface area contributed by atoms with Crippen LogP contribution in [0.1, 0.15) is 19.8 Å². The summed E-state index contributed by atoms with van der Waals surface area (Å²) in [5.74, 6) is -1.55. The van der Waals surface area contributed by atoms with E-state index in [-0.39, 0.29) is 12.6 Å². The summed E-state index contributed by atoms with van der Waals surface area (Å²) in [6.45, 7) is 5.56. The van der Waals surface area contributed by atoms with Crippen molar-refractivity contribution in [2.75, 3.05) is 13.1 Å². The van der Waals surface area contributed by atoms with Crippen molar-refractivity contribution in [1.82, 2.24) is 9.03 Å². The molecule has 6 nitrogen and oxygen atoms in total. The van der Waals surface area contributed by atoms with Gasteiger partial charge in [-0.25, -0.2) is 0 Å². The standard InChI is InChI=1S/C10H18N2O4S/c1-3-8(2)11-17(15,16)12-6-4-5-9(7-12)10(13)14/h3,8-9,11H,1,4-7H2,2H3,(H,13,14). The molecule has 17 heavy (non-hydrogen) atoms. The van der Waals surface area contributed by atoms with Crippen molar-refractivity contribution in [2.24, 2.45) is 5.92 Å². The second-order valence-electron chi connectivity index (χ2n) is 4.18. The normalized spacial score (nSPS) is 24.2. The highest BCUT2D eigenvalue weighted by Crippen LogP contribution is 2.18. The molecule has 1 aliphatic rings. The van der Waals surface area contributed by atoms with Crippen LogP contribution in [0.2, 0.25) is 0 Å². The van der Waals surface area contributed by atoms with Crippen molar-refractivity contribution in [2.45, 2.75) is 25.8 Å². The highest BCUT2D eigenvalue weighted by atomic mass is 32.2. The fourth-order valence-corrected chi connectivity index (χ4v) is 3.18. The van der Waals surface area contributed by atoms with Crippen molar-refractivity contribution in [3.05, 3.63) is 12.7 Å². The highest BCUT2D eigenvalue weighted by Gasteiger charge is 2.32. The number of hydrogen-bond donors (Lipinski definition) is 2. The molecule has 1 saturated heterocycles. The summed E-state index contributed by atoms with van der Waals surface area (Å²) >= 11 is 0. The van der Waals surface area contributed by atoms with Crippen LogP contribution in [0.15, 0.2) is 12.7 Å². The number of piperidine rings is 1. The Morgan fingerprint density at radius 2 is 2.29 bits per heavy atom. The number of carbonyl (C=O) groups is 1. The van der Waals surface area contributed by atoms with Crippen molar-refractivity contribution in [3.8, 4) is 0 Å². The summed E-state index contributed by atoms with van der Waals surface area (Å²) in [5.41, 5.74) is 0. The van der Waals surface area contributed by atoms with Crippen LogP contribution in [0, 0.1) is 5.92 Å². The molecule has 1 aliphatic heterocycles. The van der Waals surface area contributed by atoms with Gasteiger partial charge in [-0.15, -0.1) is 6.58 Å². The van der Waals surface area contributed by atoms with E-state index in [1.54, 1.807) is 6.92 Å². The largest absolute Gasteiger partial charge is 0.481 e. The van der Waals surface area contributed by atoms with E-state index in [0.717, 1.165) is 0 Å². The lowest BCUT2D eigenvalue weighted by molar-refractivity contribution is -0.142. The maximum atomic E-state index is 11.9. The van der Waals surface area contributed by atoms with Gasteiger partial charge in [-0.3, -0.25) is 4.79 Å². The van der Waals surface area contributed by atoms with E-state index in [1.807, 2.05) is 0 Å². The second-order valence-corrected chi connectivity index (χ2v) is 5.88. The summed E-state index contributed by atoms with van der Waals surface area (Å²) in [4.78, 5) is 10.8. The molecule has 0 radical (unpaired) electrons. The van der Waals surface area contributed by atoms with E-state index >= 15 is 0 Å². The topological polar surface area (TPSA) is 86.7 Å². The Morgan fingerprint density at radius 1 is 1.65 bits per heavy atom. The van der Waals surface area contributed by atoms with Crippen LogP contribution >= 0.6 is 0 Å². The average molecular weight is 262 g/mol. The van der Waals surface area contributed by atoms with E-state index in [9.17, 15) is 13.2 Å². The minimum atomic E-state index is -3.61. The molecule has 0 aromatic carbocycles. The van der Waals surface area contributed by atoms with E-state index in [4.69, 9.17) is 5.11 Å². The lowest BCUT2D eigenvalue weighted by Crippen LogP contribution is -2.49. The third-order valence-electron chi connectivity index (χ3n) is 2.76. The number of aliphatic carboxylic acids is 1. The van der Waals surface area contributed by atoms with Crippen molar-refractivity contribution in [1.29, 1.82) is 0 Å². The Bertz CT molecular complexity index is 393. The molecular weight excluding hydrogens is 244 g/mol. The first-order valence-corrected chi connectivity index (χ1v) is 6.93. The van der Waals surface area contributed by atoms with Gasteiger partial charge in [0.1, 0.15) is 0 Å². The van der Waals surface area contributed by atoms with Gasteiger partial charge in [-0.1, -0.05) is 6.08 Å². The van der Waals surface area contributed by atoms with Crippen LogP contribution in [0.25, 0.3) is 0 Å². The Labute approximate surface area is 101 Å². The van der Waals surface area contributed by atoms with Gasteiger partial charge in [-0.05, 0) is 19.8 Å². The van der Waals surface area contributed by atoms with Crippen molar-refractivity contribution in [3.63, 3.8) is 0 Å². The van der Waals surface area contributed by atoms with Gasteiger partial charge in [0.05, 0.1) is 5.92 Å². The average Bonchev–Trinajstić information content (AvgIpc) is 2.28. The maximum Gasteiger partial charge on any atom is 0.307 e. The van der Waals surface area contributed by atoms with Crippen LogP contribution in [0.4, 0.5) is 0 Å². The van der Waals surface area contributed by atoms with Gasteiger partial charge >= 0.3 is 5.97 Å². The van der Waals surface area contributed by atoms with Gasteiger partial charge in [0.15, 0.2) is 0 Å². The van der Waals surface area contributed by atoms with Gasteiger partial charge in [0, 0.05) is 19.1 Å². The van der Waals surface area contributed by atoms with Crippen LogP contribution < -0.4 is 4.72 Å². The molecule has 7 heteroatoms. The van der Waals surface area contributed by atoms with Crippen LogP contribution in [0.5, 0.6) is 0 Å². The summed E-state index contributed by atoms with van der Waals surface area (Å²) < 4.78 is 27.4. The fraction of sp³-hybridized carbons (Fsp3) is 0.700. The number of carboxylic acid groups (broad SMARTS) is 1. The Balaban J connectivity index is 2.71. The maximum absolute atomic E-state index is 11.9. The monoisotopic (exact) mass is 262 g/mol. The van der Waals surface area contributed by atoms with E-state index in [0.29, 0.717) is 19.4 Å². The number of nitrogens with one attached hydrogen (secondary N) is 1. The summed E-state index contributed by atoms with van der Waals surface area (Å²) in [7, 11) is -3.61. The molecule has 0 aromatic heterocycles. The predicted octanol–water partition coefficient (Wildman–Crippen LogP) is 0.192. The molecule has 0 aliphatic carbocycles. The SMILES string of the molecule is C=CC(C)NS(=O)(=O)N1CCCC(C(=O)O)C1. The molecule has 98 valence electrons. The number of hydrogen-bond acceptors (Lipinski definition) is 3. The Hall–Kier alpha value is -0.920. The summed E-state index contributed by atoms with van der Waals surface area (Å²) in [6, 6.07) is -0.370. The molecular formula is C10H18N2O4S. The second kappa shape index (κ2) is 5.61. The molecule has 1 heterocycles. The molecule has 1 rings (SSSR count). The molecule has 0 amide bonds. The van der Waals surface area contributed by atoms with Crippen LogP contribution in [-0.4, -0.2) is 42.9 Å². The first kappa shape index (κ1) is 14.1. The molecule has 0 bridgehead atoms. The van der Waals surface area contributed by atoms with Crippen LogP contribution in [-0.2, 0) is 15.0 Å². The summed E-state index contributed by atoms with van der Waals surface area (Å²) in [5, 5.41) is 8.89. The first-order valence-electron chi connectivity index (χ1n) is 5.49. The molecule has 2 N–H and O–H groups in total. The fourth-order valence-electron chi connectivity index (χ4n) is 1.72. The molecule has 1 fully saturated rings. The molecule has 2 unspecified atom stereocenters. The smallest absolute Gasteiger partial charge is 0.307 e. The lowest BCUT2D eigenvalue weighted by Gasteiger charge is -2.30. The minimum absolute atomic E-state index is 0.0362. The molecule has 2 atom stereocenters. The quantitative estimate of drug-likeness (QED) is 0.693. The third-order valence-corrected chi connectivity index (χ3v) is 4.44. The zero-order valence-corrected chi connectivity index (χ0v) is 10.6. The van der Waals surface area contributed by atoms with Crippen molar-refractivity contribution < 1.29 is 18.3 Å².